The number of nitrogens with zero attached hydrogens (tertiary/aromatic N) is 3. The Labute approximate surface area is 115 Å². The predicted molar refractivity (Wildman–Crippen MR) is 71.8 cm³/mol. The molecular weight excluding hydrogens is 284 g/mol. The number of nitro groups is 1. The van der Waals surface area contributed by atoms with Crippen molar-refractivity contribution in [3.63, 3.8) is 0 Å². The first kappa shape index (κ1) is 14.0. The van der Waals surface area contributed by atoms with Crippen molar-refractivity contribution in [3.8, 4) is 0 Å². The van der Waals surface area contributed by atoms with Crippen LogP contribution >= 0.6 is 0 Å². The Kier molecular flexibility index (Phi) is 3.45. The number of hydrogen-bond donors (Lipinski definition) is 1. The van der Waals surface area contributed by atoms with Crippen molar-refractivity contribution in [1.82, 2.24) is 9.78 Å². The van der Waals surface area contributed by atoms with Crippen LogP contribution in [0.3, 0.4) is 0 Å². The fourth-order valence-corrected chi connectivity index (χ4v) is 2.64. The lowest BCUT2D eigenvalue weighted by molar-refractivity contribution is -0.385. The summed E-state index contributed by atoms with van der Waals surface area (Å²) in [6.07, 6.45) is 1.58. The molecule has 0 amide bonds. The van der Waals surface area contributed by atoms with Crippen LogP contribution in [0.25, 0.3) is 0 Å². The van der Waals surface area contributed by atoms with Crippen LogP contribution in [-0.4, -0.2) is 23.1 Å². The third-order valence-electron chi connectivity index (χ3n) is 2.64. The number of benzene rings is 1. The average Bonchev–Trinajstić information content (AvgIpc) is 2.73. The summed E-state index contributed by atoms with van der Waals surface area (Å²) < 4.78 is 27.9. The summed E-state index contributed by atoms with van der Waals surface area (Å²) in [7, 11) is -2.26. The predicted octanol–water partition coefficient (Wildman–Crippen LogP) is 1.44. The van der Waals surface area contributed by atoms with Crippen molar-refractivity contribution >= 4 is 21.5 Å². The minimum absolute atomic E-state index is 0.149. The van der Waals surface area contributed by atoms with E-state index in [2.05, 4.69) is 9.82 Å². The average molecular weight is 296 g/mol. The number of hydrogen-bond acceptors (Lipinski definition) is 5. The molecule has 0 aliphatic rings. The molecule has 0 radical (unpaired) electrons. The van der Waals surface area contributed by atoms with E-state index in [1.807, 2.05) is 0 Å². The summed E-state index contributed by atoms with van der Waals surface area (Å²) in [5.74, 6) is 0.149. The molecule has 106 valence electrons. The van der Waals surface area contributed by atoms with Gasteiger partial charge in [0.1, 0.15) is 0 Å². The van der Waals surface area contributed by atoms with E-state index in [9.17, 15) is 18.5 Å². The maximum atomic E-state index is 12.1. The van der Waals surface area contributed by atoms with E-state index in [-0.39, 0.29) is 16.4 Å². The van der Waals surface area contributed by atoms with Crippen LogP contribution in [0.15, 0.2) is 35.4 Å². The molecule has 1 N–H and O–H groups in total. The lowest BCUT2D eigenvalue weighted by Crippen LogP contribution is -2.14. The number of nitrogens with one attached hydrogen (secondary N) is 1. The van der Waals surface area contributed by atoms with Crippen molar-refractivity contribution in [2.45, 2.75) is 11.8 Å². The van der Waals surface area contributed by atoms with E-state index in [0.717, 1.165) is 6.07 Å². The van der Waals surface area contributed by atoms with Crippen LogP contribution in [0.4, 0.5) is 11.5 Å². The van der Waals surface area contributed by atoms with E-state index in [1.165, 1.54) is 22.9 Å². The van der Waals surface area contributed by atoms with Gasteiger partial charge in [0.05, 0.1) is 9.82 Å². The molecule has 1 aromatic carbocycles. The highest BCUT2D eigenvalue weighted by molar-refractivity contribution is 7.92. The molecule has 8 nitrogen and oxygen atoms in total. The largest absolute Gasteiger partial charge is 0.274 e. The Morgan fingerprint density at radius 2 is 2.05 bits per heavy atom. The van der Waals surface area contributed by atoms with Gasteiger partial charge in [-0.1, -0.05) is 6.07 Å². The second-order valence-electron chi connectivity index (χ2n) is 4.19. The summed E-state index contributed by atoms with van der Waals surface area (Å²) in [6, 6.07) is 5.22. The number of nitro benzene ring substituents is 1. The standard InChI is InChI=1S/C11H12N4O4S/c1-8-3-4-9(7-10(8)15(16)17)20(18,19)13-11-5-6-14(2)12-11/h3-7H,1-2H3,(H,12,13). The minimum atomic E-state index is -3.90. The molecule has 0 saturated heterocycles. The molecule has 0 saturated carbocycles. The molecule has 20 heavy (non-hydrogen) atoms. The molecule has 2 rings (SSSR count). The Morgan fingerprint density at radius 1 is 1.35 bits per heavy atom. The van der Waals surface area contributed by atoms with Crippen LogP contribution < -0.4 is 4.72 Å². The number of aromatic nitrogens is 2. The molecular formula is C11H12N4O4S. The zero-order valence-electron chi connectivity index (χ0n) is 10.8. The Bertz CT molecular complexity index is 766. The van der Waals surface area contributed by atoms with Gasteiger partial charge in [-0.05, 0) is 13.0 Å². The van der Waals surface area contributed by atoms with Crippen LogP contribution in [0.5, 0.6) is 0 Å². The lowest BCUT2D eigenvalue weighted by atomic mass is 10.2. The van der Waals surface area contributed by atoms with Crippen LogP contribution in [0.2, 0.25) is 0 Å². The molecule has 9 heteroatoms. The number of anilines is 1. The smallest absolute Gasteiger partial charge is 0.273 e. The molecule has 0 aliphatic carbocycles. The Balaban J connectivity index is 2.39. The zero-order chi connectivity index (χ0) is 14.9. The molecule has 0 bridgehead atoms. The van der Waals surface area contributed by atoms with E-state index >= 15 is 0 Å². The van der Waals surface area contributed by atoms with Gasteiger partial charge in [0.25, 0.3) is 15.7 Å². The van der Waals surface area contributed by atoms with E-state index in [4.69, 9.17) is 0 Å². The van der Waals surface area contributed by atoms with Gasteiger partial charge < -0.3 is 0 Å². The van der Waals surface area contributed by atoms with Gasteiger partial charge in [-0.25, -0.2) is 8.42 Å². The maximum Gasteiger partial charge on any atom is 0.273 e. The van der Waals surface area contributed by atoms with E-state index in [0.29, 0.717) is 5.56 Å². The fraction of sp³-hybridized carbons (Fsp3) is 0.182. The third-order valence-corrected chi connectivity index (χ3v) is 3.99. The van der Waals surface area contributed by atoms with E-state index < -0.39 is 14.9 Å². The molecule has 0 spiro atoms. The molecule has 1 heterocycles. The van der Waals surface area contributed by atoms with Crippen molar-refractivity contribution in [1.29, 1.82) is 0 Å². The highest BCUT2D eigenvalue weighted by Gasteiger charge is 2.20. The van der Waals surface area contributed by atoms with E-state index in [1.54, 1.807) is 20.2 Å². The minimum Gasteiger partial charge on any atom is -0.274 e. The van der Waals surface area contributed by atoms with Gasteiger partial charge in [-0.15, -0.1) is 0 Å². The quantitative estimate of drug-likeness (QED) is 0.678. The van der Waals surface area contributed by atoms with Gasteiger partial charge in [-0.3, -0.25) is 19.5 Å². The molecule has 0 unspecified atom stereocenters. The monoisotopic (exact) mass is 296 g/mol. The van der Waals surface area contributed by atoms with Crippen molar-refractivity contribution in [2.24, 2.45) is 7.05 Å². The molecule has 0 fully saturated rings. The summed E-state index contributed by atoms with van der Waals surface area (Å²) >= 11 is 0. The lowest BCUT2D eigenvalue weighted by Gasteiger charge is -2.06. The number of rotatable bonds is 4. The molecule has 1 aromatic heterocycles. The van der Waals surface area contributed by atoms with Crippen molar-refractivity contribution < 1.29 is 13.3 Å². The van der Waals surface area contributed by atoms with Crippen LogP contribution in [0, 0.1) is 17.0 Å². The summed E-state index contributed by atoms with van der Waals surface area (Å²) in [6.45, 7) is 1.54. The highest BCUT2D eigenvalue weighted by Crippen LogP contribution is 2.23. The molecule has 0 atom stereocenters. The Morgan fingerprint density at radius 3 is 2.60 bits per heavy atom. The normalized spacial score (nSPS) is 11.3. The summed E-state index contributed by atoms with van der Waals surface area (Å²) in [4.78, 5) is 10.0. The second-order valence-corrected chi connectivity index (χ2v) is 5.87. The Hall–Kier alpha value is -2.42. The van der Waals surface area contributed by atoms with Crippen LogP contribution in [-0.2, 0) is 17.1 Å². The summed E-state index contributed by atoms with van der Waals surface area (Å²) in [5, 5.41) is 14.7. The maximum absolute atomic E-state index is 12.1. The SMILES string of the molecule is Cc1ccc(S(=O)(=O)Nc2ccn(C)n2)cc1[N+](=O)[O-]. The first-order valence-corrected chi connectivity index (χ1v) is 7.05. The van der Waals surface area contributed by atoms with Gasteiger partial charge in [0, 0.05) is 30.9 Å². The topological polar surface area (TPSA) is 107 Å². The van der Waals surface area contributed by atoms with Crippen LogP contribution in [0.1, 0.15) is 5.56 Å². The third kappa shape index (κ3) is 2.77. The number of sulfonamides is 1. The van der Waals surface area contributed by atoms with Crippen molar-refractivity contribution in [3.05, 3.63) is 46.1 Å². The first-order valence-electron chi connectivity index (χ1n) is 5.57. The first-order chi connectivity index (χ1) is 9.29. The number of aryl methyl sites for hydroxylation is 2. The van der Waals surface area contributed by atoms with Gasteiger partial charge in [0.2, 0.25) is 0 Å². The molecule has 0 aliphatic heterocycles. The van der Waals surface area contributed by atoms with Gasteiger partial charge in [0.15, 0.2) is 5.82 Å². The summed E-state index contributed by atoms with van der Waals surface area (Å²) in [5.41, 5.74) is 0.153. The van der Waals surface area contributed by atoms with Crippen molar-refractivity contribution in [2.75, 3.05) is 4.72 Å². The molecule has 2 aromatic rings. The highest BCUT2D eigenvalue weighted by atomic mass is 32.2. The fourth-order valence-electron chi connectivity index (χ4n) is 1.62. The van der Waals surface area contributed by atoms with Gasteiger partial charge in [-0.2, -0.15) is 5.10 Å². The second kappa shape index (κ2) is 4.93. The van der Waals surface area contributed by atoms with Gasteiger partial charge >= 0.3 is 0 Å². The zero-order valence-corrected chi connectivity index (χ0v) is 11.6.